The quantitative estimate of drug-likeness (QED) is 0.326. The monoisotopic (exact) mass is 381 g/mol. The molecule has 1 heterocycles. The van der Waals surface area contributed by atoms with Crippen molar-refractivity contribution in [2.24, 2.45) is 0 Å². The van der Waals surface area contributed by atoms with Crippen LogP contribution in [0, 0.1) is 0 Å². The Morgan fingerprint density at radius 1 is 1.25 bits per heavy atom. The summed E-state index contributed by atoms with van der Waals surface area (Å²) >= 11 is 8.94. The third-order valence-electron chi connectivity index (χ3n) is 2.78. The number of halogens is 1. The molecule has 24 heavy (non-hydrogen) atoms. The number of hydrogen-bond donors (Lipinski definition) is 1. The fourth-order valence-corrected chi connectivity index (χ4v) is 3.17. The predicted octanol–water partition coefficient (Wildman–Crippen LogP) is 3.87. The largest absolute Gasteiger partial charge is 0.452 e. The van der Waals surface area contributed by atoms with Crippen LogP contribution >= 0.6 is 34.7 Å². The van der Waals surface area contributed by atoms with Crippen molar-refractivity contribution in [2.45, 2.75) is 4.90 Å². The Hall–Kier alpha value is -1.76. The van der Waals surface area contributed by atoms with E-state index in [0.29, 0.717) is 11.6 Å². The minimum atomic E-state index is -0.533. The van der Waals surface area contributed by atoms with Crippen LogP contribution in [0.25, 0.3) is 6.08 Å². The molecule has 1 amide bonds. The van der Waals surface area contributed by atoms with Crippen LogP contribution in [-0.2, 0) is 14.3 Å². The second-order valence-corrected chi connectivity index (χ2v) is 7.19. The van der Waals surface area contributed by atoms with Crippen molar-refractivity contribution in [1.29, 1.82) is 0 Å². The molecule has 0 aliphatic heterocycles. The van der Waals surface area contributed by atoms with Crippen molar-refractivity contribution in [3.63, 3.8) is 0 Å². The number of carbonyl (C=O) groups is 2. The van der Waals surface area contributed by atoms with Gasteiger partial charge in [-0.3, -0.25) is 4.79 Å². The van der Waals surface area contributed by atoms with Gasteiger partial charge in [0, 0.05) is 33.2 Å². The average molecular weight is 382 g/mol. The van der Waals surface area contributed by atoms with Gasteiger partial charge in [-0.25, -0.2) is 4.79 Å². The van der Waals surface area contributed by atoms with E-state index in [1.807, 2.05) is 41.8 Å². The smallest absolute Gasteiger partial charge is 0.331 e. The molecule has 7 heteroatoms. The summed E-state index contributed by atoms with van der Waals surface area (Å²) in [5, 5.41) is 5.32. The molecule has 0 saturated heterocycles. The maximum atomic E-state index is 11.6. The maximum absolute atomic E-state index is 11.6. The SMILES string of the molecule is O=C(COC(=O)/C=C/c1cccs1)NCCSc1ccc(Cl)cc1. The molecule has 126 valence electrons. The van der Waals surface area contributed by atoms with Crippen LogP contribution in [0.15, 0.2) is 52.7 Å². The number of thiophene rings is 1. The van der Waals surface area contributed by atoms with Crippen LogP contribution < -0.4 is 5.32 Å². The first kappa shape index (κ1) is 18.6. The zero-order valence-corrected chi connectivity index (χ0v) is 15.1. The number of nitrogens with one attached hydrogen (secondary N) is 1. The maximum Gasteiger partial charge on any atom is 0.331 e. The van der Waals surface area contributed by atoms with Gasteiger partial charge in [-0.2, -0.15) is 0 Å². The number of hydrogen-bond acceptors (Lipinski definition) is 5. The van der Waals surface area contributed by atoms with Gasteiger partial charge in [-0.15, -0.1) is 23.1 Å². The lowest BCUT2D eigenvalue weighted by molar-refractivity contribution is -0.143. The van der Waals surface area contributed by atoms with Crippen LogP contribution in [0.4, 0.5) is 0 Å². The predicted molar refractivity (Wildman–Crippen MR) is 99.5 cm³/mol. The van der Waals surface area contributed by atoms with Crippen molar-refractivity contribution in [1.82, 2.24) is 5.32 Å². The third-order valence-corrected chi connectivity index (χ3v) is 4.88. The lowest BCUT2D eigenvalue weighted by atomic mass is 10.4. The highest BCUT2D eigenvalue weighted by Crippen LogP contribution is 2.19. The van der Waals surface area contributed by atoms with E-state index in [9.17, 15) is 9.59 Å². The molecule has 0 unspecified atom stereocenters. The lowest BCUT2D eigenvalue weighted by Crippen LogP contribution is -2.30. The summed E-state index contributed by atoms with van der Waals surface area (Å²) in [7, 11) is 0. The van der Waals surface area contributed by atoms with E-state index in [1.54, 1.807) is 17.8 Å². The summed E-state index contributed by atoms with van der Waals surface area (Å²) in [6.45, 7) is 0.216. The summed E-state index contributed by atoms with van der Waals surface area (Å²) < 4.78 is 4.88. The summed E-state index contributed by atoms with van der Waals surface area (Å²) in [5.41, 5.74) is 0. The van der Waals surface area contributed by atoms with E-state index < -0.39 is 5.97 Å². The Morgan fingerprint density at radius 2 is 2.04 bits per heavy atom. The van der Waals surface area contributed by atoms with E-state index in [-0.39, 0.29) is 12.5 Å². The number of esters is 1. The molecular weight excluding hydrogens is 366 g/mol. The molecule has 0 bridgehead atoms. The highest BCUT2D eigenvalue weighted by atomic mass is 35.5. The van der Waals surface area contributed by atoms with Gasteiger partial charge in [0.1, 0.15) is 0 Å². The topological polar surface area (TPSA) is 55.4 Å². The van der Waals surface area contributed by atoms with Crippen molar-refractivity contribution >= 4 is 52.7 Å². The molecule has 4 nitrogen and oxygen atoms in total. The Labute approximate surface area is 153 Å². The van der Waals surface area contributed by atoms with Crippen molar-refractivity contribution in [3.05, 3.63) is 57.8 Å². The molecule has 2 aromatic rings. The first-order valence-electron chi connectivity index (χ1n) is 7.17. The molecular formula is C17H16ClNO3S2. The third kappa shape index (κ3) is 7.21. The number of benzene rings is 1. The summed E-state index contributed by atoms with van der Waals surface area (Å²) in [5.74, 6) is -0.127. The zero-order chi connectivity index (χ0) is 17.2. The van der Waals surface area contributed by atoms with Gasteiger partial charge in [0.15, 0.2) is 6.61 Å². The molecule has 0 aliphatic rings. The normalized spacial score (nSPS) is 10.7. The minimum absolute atomic E-state index is 0.279. The standard InChI is InChI=1S/C17H16ClNO3S2/c18-13-3-5-15(6-4-13)24-11-9-19-16(20)12-22-17(21)8-7-14-2-1-10-23-14/h1-8,10H,9,11-12H2,(H,19,20)/b8-7+. The van der Waals surface area contributed by atoms with Gasteiger partial charge < -0.3 is 10.1 Å². The van der Waals surface area contributed by atoms with Gasteiger partial charge in [0.25, 0.3) is 5.91 Å². The first-order valence-corrected chi connectivity index (χ1v) is 9.41. The van der Waals surface area contributed by atoms with Crippen LogP contribution in [0.2, 0.25) is 5.02 Å². The fourth-order valence-electron chi connectivity index (χ4n) is 1.66. The number of carbonyl (C=O) groups excluding carboxylic acids is 2. The van der Waals surface area contributed by atoms with Gasteiger partial charge in [-0.1, -0.05) is 17.7 Å². The van der Waals surface area contributed by atoms with Crippen LogP contribution in [0.1, 0.15) is 4.88 Å². The summed E-state index contributed by atoms with van der Waals surface area (Å²) in [6, 6.07) is 11.3. The summed E-state index contributed by atoms with van der Waals surface area (Å²) in [6.07, 6.45) is 2.98. The molecule has 0 spiro atoms. The molecule has 0 saturated carbocycles. The molecule has 1 aromatic heterocycles. The van der Waals surface area contributed by atoms with Crippen molar-refractivity contribution < 1.29 is 14.3 Å². The van der Waals surface area contributed by atoms with Gasteiger partial charge in [0.05, 0.1) is 0 Å². The Bertz CT molecular complexity index is 684. The molecule has 0 fully saturated rings. The Morgan fingerprint density at radius 3 is 2.75 bits per heavy atom. The lowest BCUT2D eigenvalue weighted by Gasteiger charge is -2.05. The summed E-state index contributed by atoms with van der Waals surface area (Å²) in [4.78, 5) is 25.1. The van der Waals surface area contributed by atoms with E-state index >= 15 is 0 Å². The van der Waals surface area contributed by atoms with E-state index in [4.69, 9.17) is 16.3 Å². The Balaban J connectivity index is 1.57. The van der Waals surface area contributed by atoms with Gasteiger partial charge in [0.2, 0.25) is 0 Å². The van der Waals surface area contributed by atoms with E-state index in [0.717, 1.165) is 15.5 Å². The zero-order valence-electron chi connectivity index (χ0n) is 12.7. The van der Waals surface area contributed by atoms with Crippen LogP contribution in [0.3, 0.4) is 0 Å². The highest BCUT2D eigenvalue weighted by molar-refractivity contribution is 7.99. The first-order chi connectivity index (χ1) is 11.6. The van der Waals surface area contributed by atoms with Gasteiger partial charge >= 0.3 is 5.97 Å². The number of amides is 1. The average Bonchev–Trinajstić information content (AvgIpc) is 3.10. The molecule has 0 aliphatic carbocycles. The van der Waals surface area contributed by atoms with Crippen molar-refractivity contribution in [3.8, 4) is 0 Å². The number of ether oxygens (including phenoxy) is 1. The number of thioether (sulfide) groups is 1. The Kier molecular flexibility index (Phi) is 7.88. The highest BCUT2D eigenvalue weighted by Gasteiger charge is 2.04. The van der Waals surface area contributed by atoms with E-state index in [2.05, 4.69) is 5.32 Å². The minimum Gasteiger partial charge on any atom is -0.452 e. The second-order valence-electron chi connectivity index (χ2n) is 4.61. The van der Waals surface area contributed by atoms with E-state index in [1.165, 1.54) is 17.4 Å². The molecule has 0 atom stereocenters. The van der Waals surface area contributed by atoms with Gasteiger partial charge in [-0.05, 0) is 41.8 Å². The fraction of sp³-hybridized carbons (Fsp3) is 0.176. The van der Waals surface area contributed by atoms with Crippen molar-refractivity contribution in [2.75, 3.05) is 18.9 Å². The molecule has 1 N–H and O–H groups in total. The molecule has 1 aromatic carbocycles. The molecule has 0 radical (unpaired) electrons. The number of rotatable bonds is 8. The van der Waals surface area contributed by atoms with Crippen LogP contribution in [0.5, 0.6) is 0 Å². The van der Waals surface area contributed by atoms with Crippen LogP contribution in [-0.4, -0.2) is 30.8 Å². The second kappa shape index (κ2) is 10.2. The molecule has 2 rings (SSSR count).